The minimum Gasteiger partial charge on any atom is -0.324 e. The van der Waals surface area contributed by atoms with Gasteiger partial charge in [0.25, 0.3) is 0 Å². The molecule has 1 rings (SSSR count). The molecule has 0 aliphatic rings. The number of alkyl halides is 1. The summed E-state index contributed by atoms with van der Waals surface area (Å²) in [5, 5.41) is 0. The topological polar surface area (TPSA) is 26.0 Å². The van der Waals surface area contributed by atoms with E-state index in [-0.39, 0.29) is 11.5 Å². The molecule has 0 aromatic heterocycles. The van der Waals surface area contributed by atoms with Gasteiger partial charge in [-0.25, -0.2) is 4.39 Å². The van der Waals surface area contributed by atoms with E-state index in [9.17, 15) is 4.39 Å². The van der Waals surface area contributed by atoms with Crippen molar-refractivity contribution in [3.05, 3.63) is 35.4 Å². The third-order valence-corrected chi connectivity index (χ3v) is 2.49. The lowest BCUT2D eigenvalue weighted by Crippen LogP contribution is -2.15. The summed E-state index contributed by atoms with van der Waals surface area (Å²) in [5.74, 6) is 0. The highest BCUT2D eigenvalue weighted by molar-refractivity contribution is 5.27. The maximum Gasteiger partial charge on any atom is 0.130 e. The first-order chi connectivity index (χ1) is 6.82. The van der Waals surface area contributed by atoms with Crippen LogP contribution in [-0.2, 0) is 0 Å². The van der Waals surface area contributed by atoms with E-state index in [1.54, 1.807) is 0 Å². The Morgan fingerprint density at radius 1 is 1.20 bits per heavy atom. The van der Waals surface area contributed by atoms with Crippen LogP contribution in [0.3, 0.4) is 0 Å². The van der Waals surface area contributed by atoms with E-state index in [1.807, 2.05) is 52.0 Å². The molecule has 15 heavy (non-hydrogen) atoms. The predicted molar refractivity (Wildman–Crippen MR) is 62.3 cm³/mol. The third-order valence-electron chi connectivity index (χ3n) is 2.49. The van der Waals surface area contributed by atoms with Crippen LogP contribution in [0.15, 0.2) is 24.3 Å². The van der Waals surface area contributed by atoms with Crippen molar-refractivity contribution in [1.29, 1.82) is 0 Å². The summed E-state index contributed by atoms with van der Waals surface area (Å²) in [6, 6.07) is 7.44. The zero-order valence-corrected chi connectivity index (χ0v) is 9.92. The normalized spacial score (nSPS) is 16.1. The molecule has 1 aromatic rings. The van der Waals surface area contributed by atoms with Gasteiger partial charge in [0.2, 0.25) is 0 Å². The lowest BCUT2D eigenvalue weighted by Gasteiger charge is -2.24. The van der Waals surface area contributed by atoms with Crippen molar-refractivity contribution in [3.8, 4) is 0 Å². The third kappa shape index (κ3) is 3.03. The zero-order valence-electron chi connectivity index (χ0n) is 9.92. The van der Waals surface area contributed by atoms with Crippen LogP contribution in [0, 0.1) is 5.41 Å². The second kappa shape index (κ2) is 4.31. The molecular weight excluding hydrogens is 189 g/mol. The Labute approximate surface area is 91.5 Å². The Bertz CT molecular complexity index is 326. The largest absolute Gasteiger partial charge is 0.324 e. The van der Waals surface area contributed by atoms with Crippen molar-refractivity contribution >= 4 is 0 Å². The van der Waals surface area contributed by atoms with E-state index in [2.05, 4.69) is 0 Å². The first-order valence-corrected chi connectivity index (χ1v) is 5.32. The monoisotopic (exact) mass is 209 g/mol. The minimum atomic E-state index is -0.948. The minimum absolute atomic E-state index is 0.0443. The van der Waals surface area contributed by atoms with Crippen LogP contribution in [0.4, 0.5) is 4.39 Å². The Morgan fingerprint density at radius 3 is 2.20 bits per heavy atom. The standard InChI is InChI=1S/C13H20FN/c1-9(15)10-6-5-7-11(8-10)12(14)13(2,3)4/h5-9,12H,15H2,1-4H3. The van der Waals surface area contributed by atoms with Gasteiger partial charge in [-0.15, -0.1) is 0 Å². The van der Waals surface area contributed by atoms with Gasteiger partial charge in [0.05, 0.1) is 0 Å². The maximum absolute atomic E-state index is 14.0. The molecule has 0 amide bonds. The average Bonchev–Trinajstić information content (AvgIpc) is 2.15. The molecule has 0 radical (unpaired) electrons. The molecule has 0 spiro atoms. The van der Waals surface area contributed by atoms with Gasteiger partial charge in [-0.3, -0.25) is 0 Å². The summed E-state index contributed by atoms with van der Waals surface area (Å²) in [5.41, 5.74) is 7.11. The molecule has 0 saturated heterocycles. The van der Waals surface area contributed by atoms with Crippen molar-refractivity contribution in [3.63, 3.8) is 0 Å². The molecular formula is C13H20FN. The fourth-order valence-electron chi connectivity index (χ4n) is 1.50. The summed E-state index contributed by atoms with van der Waals surface area (Å²) in [6.07, 6.45) is -0.948. The van der Waals surface area contributed by atoms with E-state index in [1.165, 1.54) is 0 Å². The highest BCUT2D eigenvalue weighted by Gasteiger charge is 2.25. The van der Waals surface area contributed by atoms with Crippen molar-refractivity contribution in [2.45, 2.75) is 39.9 Å². The zero-order chi connectivity index (χ0) is 11.6. The van der Waals surface area contributed by atoms with Crippen molar-refractivity contribution in [2.24, 2.45) is 11.1 Å². The lowest BCUT2D eigenvalue weighted by molar-refractivity contribution is 0.165. The summed E-state index contributed by atoms with van der Waals surface area (Å²) in [6.45, 7) is 7.60. The van der Waals surface area contributed by atoms with E-state index in [0.29, 0.717) is 0 Å². The smallest absolute Gasteiger partial charge is 0.130 e. The molecule has 0 bridgehead atoms. The van der Waals surface area contributed by atoms with Crippen LogP contribution >= 0.6 is 0 Å². The molecule has 1 aromatic carbocycles. The molecule has 1 nitrogen and oxygen atoms in total. The lowest BCUT2D eigenvalue weighted by atomic mass is 9.85. The van der Waals surface area contributed by atoms with Crippen LogP contribution in [0.1, 0.15) is 51.0 Å². The van der Waals surface area contributed by atoms with E-state index in [4.69, 9.17) is 5.73 Å². The second-order valence-electron chi connectivity index (χ2n) is 5.19. The molecule has 0 fully saturated rings. The summed E-state index contributed by atoms with van der Waals surface area (Å²) >= 11 is 0. The quantitative estimate of drug-likeness (QED) is 0.788. The van der Waals surface area contributed by atoms with E-state index >= 15 is 0 Å². The molecule has 2 N–H and O–H groups in total. The van der Waals surface area contributed by atoms with Crippen LogP contribution in [0.5, 0.6) is 0 Å². The average molecular weight is 209 g/mol. The van der Waals surface area contributed by atoms with E-state index < -0.39 is 6.17 Å². The second-order valence-corrected chi connectivity index (χ2v) is 5.19. The van der Waals surface area contributed by atoms with Crippen molar-refractivity contribution < 1.29 is 4.39 Å². The first kappa shape index (κ1) is 12.2. The fourth-order valence-corrected chi connectivity index (χ4v) is 1.50. The summed E-state index contributed by atoms with van der Waals surface area (Å²) in [7, 11) is 0. The number of halogens is 1. The van der Waals surface area contributed by atoms with Crippen LogP contribution in [0.25, 0.3) is 0 Å². The fraction of sp³-hybridized carbons (Fsp3) is 0.538. The van der Waals surface area contributed by atoms with E-state index in [0.717, 1.165) is 11.1 Å². The van der Waals surface area contributed by atoms with Crippen LogP contribution < -0.4 is 5.73 Å². The molecule has 0 heterocycles. The summed E-state index contributed by atoms with van der Waals surface area (Å²) < 4.78 is 14.0. The van der Waals surface area contributed by atoms with Crippen molar-refractivity contribution in [1.82, 2.24) is 0 Å². The molecule has 2 unspecified atom stereocenters. The predicted octanol–water partition coefficient (Wildman–Crippen LogP) is 3.76. The number of nitrogens with two attached hydrogens (primary N) is 1. The van der Waals surface area contributed by atoms with Gasteiger partial charge in [-0.1, -0.05) is 45.0 Å². The van der Waals surface area contributed by atoms with Gasteiger partial charge >= 0.3 is 0 Å². The molecule has 0 aliphatic carbocycles. The molecule has 0 saturated carbocycles. The van der Waals surface area contributed by atoms with Crippen LogP contribution in [0.2, 0.25) is 0 Å². The van der Waals surface area contributed by atoms with Gasteiger partial charge in [0.1, 0.15) is 6.17 Å². The molecule has 0 aliphatic heterocycles. The Hall–Kier alpha value is -0.890. The first-order valence-electron chi connectivity index (χ1n) is 5.32. The Balaban J connectivity index is 3.00. The van der Waals surface area contributed by atoms with Crippen molar-refractivity contribution in [2.75, 3.05) is 0 Å². The molecule has 84 valence electrons. The SMILES string of the molecule is CC(N)c1cccc(C(F)C(C)(C)C)c1. The van der Waals surface area contributed by atoms with Gasteiger partial charge in [0, 0.05) is 6.04 Å². The molecule has 2 heteroatoms. The van der Waals surface area contributed by atoms with Gasteiger partial charge in [0.15, 0.2) is 0 Å². The summed E-state index contributed by atoms with van der Waals surface area (Å²) in [4.78, 5) is 0. The molecule has 2 atom stereocenters. The van der Waals surface area contributed by atoms with Gasteiger partial charge in [-0.2, -0.15) is 0 Å². The van der Waals surface area contributed by atoms with Gasteiger partial charge in [-0.05, 0) is 23.5 Å². The maximum atomic E-state index is 14.0. The highest BCUT2D eigenvalue weighted by atomic mass is 19.1. The van der Waals surface area contributed by atoms with Gasteiger partial charge < -0.3 is 5.73 Å². The number of rotatable bonds is 2. The number of benzene rings is 1. The number of hydrogen-bond acceptors (Lipinski definition) is 1. The Kier molecular flexibility index (Phi) is 3.50. The number of hydrogen-bond donors (Lipinski definition) is 1. The van der Waals surface area contributed by atoms with Crippen LogP contribution in [-0.4, -0.2) is 0 Å². The Morgan fingerprint density at radius 2 is 1.73 bits per heavy atom. The highest BCUT2D eigenvalue weighted by Crippen LogP contribution is 2.36.